The van der Waals surface area contributed by atoms with Crippen molar-refractivity contribution in [3.63, 3.8) is 0 Å². The van der Waals surface area contributed by atoms with Crippen LogP contribution in [0.15, 0.2) is 0 Å². The highest BCUT2D eigenvalue weighted by Gasteiger charge is 2.48. The zero-order valence-corrected chi connectivity index (χ0v) is 10.4. The highest BCUT2D eigenvalue weighted by atomic mass is 32.2. The number of rotatable bonds is 5. The Bertz CT molecular complexity index is 361. The Hall–Kier alpha value is -0.620. The Balaban J connectivity index is 2.78. The Kier molecular flexibility index (Phi) is 3.96. The summed E-state index contributed by atoms with van der Waals surface area (Å²) in [6.45, 7) is 3.65. The first-order valence-electron chi connectivity index (χ1n) is 5.39. The fourth-order valence-electron chi connectivity index (χ4n) is 1.98. The molecule has 0 aromatic carbocycles. The minimum atomic E-state index is -3.12. The van der Waals surface area contributed by atoms with E-state index in [1.807, 2.05) is 0 Å². The lowest BCUT2D eigenvalue weighted by Crippen LogP contribution is -2.39. The van der Waals surface area contributed by atoms with Crippen molar-refractivity contribution in [2.75, 3.05) is 18.1 Å². The van der Waals surface area contributed by atoms with Gasteiger partial charge >= 0.3 is 5.97 Å². The van der Waals surface area contributed by atoms with E-state index in [2.05, 4.69) is 0 Å². The fourth-order valence-corrected chi connectivity index (χ4v) is 2.94. The van der Waals surface area contributed by atoms with Crippen molar-refractivity contribution in [3.05, 3.63) is 0 Å². The van der Waals surface area contributed by atoms with Crippen LogP contribution in [-0.2, 0) is 19.4 Å². The van der Waals surface area contributed by atoms with E-state index >= 15 is 0 Å². The molecular formula is C10H18O5S. The molecule has 6 heteroatoms. The summed E-state index contributed by atoms with van der Waals surface area (Å²) in [5.74, 6) is -0.981. The summed E-state index contributed by atoms with van der Waals surface area (Å²) >= 11 is 0. The Morgan fingerprint density at radius 3 is 2.56 bits per heavy atom. The number of carbonyl (C=O) groups is 1. The number of aliphatic carboxylic acids is 1. The van der Waals surface area contributed by atoms with Crippen molar-refractivity contribution in [3.8, 4) is 0 Å². The van der Waals surface area contributed by atoms with Crippen LogP contribution in [0.4, 0.5) is 0 Å². The minimum absolute atomic E-state index is 0.0535. The molecule has 0 spiro atoms. The second-order valence-corrected chi connectivity index (χ2v) is 6.68. The molecule has 1 fully saturated rings. The number of sulfone groups is 1. The van der Waals surface area contributed by atoms with Gasteiger partial charge in [-0.05, 0) is 19.8 Å². The zero-order chi connectivity index (χ0) is 12.4. The summed E-state index contributed by atoms with van der Waals surface area (Å²) in [6.07, 6.45) is 0.111. The van der Waals surface area contributed by atoms with Crippen LogP contribution in [0.3, 0.4) is 0 Å². The van der Waals surface area contributed by atoms with Crippen molar-refractivity contribution in [1.29, 1.82) is 0 Å². The van der Waals surface area contributed by atoms with Crippen LogP contribution in [0.25, 0.3) is 0 Å². The molecule has 1 N–H and O–H groups in total. The third-order valence-electron chi connectivity index (χ3n) is 3.42. The van der Waals surface area contributed by atoms with E-state index < -0.39 is 27.3 Å². The maximum atomic E-state index is 11.4. The highest BCUT2D eigenvalue weighted by Crippen LogP contribution is 2.38. The van der Waals surface area contributed by atoms with Gasteiger partial charge in [-0.3, -0.25) is 4.79 Å². The van der Waals surface area contributed by atoms with Crippen molar-refractivity contribution in [2.45, 2.75) is 32.8 Å². The summed E-state index contributed by atoms with van der Waals surface area (Å²) in [6, 6.07) is 0. The first kappa shape index (κ1) is 13.4. The van der Waals surface area contributed by atoms with Gasteiger partial charge in [-0.25, -0.2) is 8.42 Å². The third-order valence-corrected chi connectivity index (χ3v) is 5.12. The second-order valence-electron chi connectivity index (χ2n) is 4.21. The van der Waals surface area contributed by atoms with E-state index in [9.17, 15) is 18.3 Å². The van der Waals surface area contributed by atoms with Gasteiger partial charge in [0.2, 0.25) is 0 Å². The van der Waals surface area contributed by atoms with Crippen LogP contribution >= 0.6 is 0 Å². The van der Waals surface area contributed by atoms with E-state index in [0.717, 1.165) is 0 Å². The predicted molar refractivity (Wildman–Crippen MR) is 59.0 cm³/mol. The predicted octanol–water partition coefficient (Wildman–Crippen LogP) is 0.691. The average Bonchev–Trinajstić information content (AvgIpc) is 2.58. The Labute approximate surface area is 95.7 Å². The lowest BCUT2D eigenvalue weighted by atomic mass is 9.79. The Morgan fingerprint density at radius 1 is 1.56 bits per heavy atom. The van der Waals surface area contributed by atoms with Crippen LogP contribution in [0.2, 0.25) is 0 Å². The second kappa shape index (κ2) is 4.71. The van der Waals surface area contributed by atoms with E-state index in [0.29, 0.717) is 13.0 Å². The van der Waals surface area contributed by atoms with E-state index in [-0.39, 0.29) is 17.9 Å². The molecule has 0 aromatic rings. The normalized spacial score (nSPS) is 30.5. The zero-order valence-electron chi connectivity index (χ0n) is 9.60. The fraction of sp³-hybridized carbons (Fsp3) is 0.900. The molecule has 1 saturated heterocycles. The lowest BCUT2D eigenvalue weighted by Gasteiger charge is -2.27. The maximum Gasteiger partial charge on any atom is 0.312 e. The average molecular weight is 250 g/mol. The van der Waals surface area contributed by atoms with Gasteiger partial charge in [0, 0.05) is 12.4 Å². The van der Waals surface area contributed by atoms with Crippen molar-refractivity contribution < 1.29 is 23.1 Å². The maximum absolute atomic E-state index is 11.4. The number of hydrogen-bond acceptors (Lipinski definition) is 4. The van der Waals surface area contributed by atoms with Crippen LogP contribution in [0, 0.1) is 5.41 Å². The standard InChI is InChI=1S/C10H18O5S/c1-3-16(13,14)7-5-10(9(11)12)4-6-15-8(10)2/h8H,3-7H2,1-2H3,(H,11,12). The molecule has 0 amide bonds. The molecule has 1 aliphatic rings. The van der Waals surface area contributed by atoms with E-state index in [1.165, 1.54) is 0 Å². The molecule has 1 aliphatic heterocycles. The monoisotopic (exact) mass is 250 g/mol. The van der Waals surface area contributed by atoms with Crippen LogP contribution < -0.4 is 0 Å². The molecule has 16 heavy (non-hydrogen) atoms. The summed E-state index contributed by atoms with van der Waals surface area (Å²) in [5, 5.41) is 9.23. The van der Waals surface area contributed by atoms with Gasteiger partial charge in [0.15, 0.2) is 0 Å². The van der Waals surface area contributed by atoms with Gasteiger partial charge in [-0.2, -0.15) is 0 Å². The van der Waals surface area contributed by atoms with Crippen molar-refractivity contribution >= 4 is 15.8 Å². The molecule has 2 atom stereocenters. The molecule has 2 unspecified atom stereocenters. The summed E-state index contributed by atoms with van der Waals surface area (Å²) < 4.78 is 28.0. The number of hydrogen-bond donors (Lipinski definition) is 1. The minimum Gasteiger partial charge on any atom is -0.481 e. The molecule has 0 aromatic heterocycles. The van der Waals surface area contributed by atoms with Gasteiger partial charge in [0.1, 0.15) is 9.84 Å². The van der Waals surface area contributed by atoms with Gasteiger partial charge in [0.05, 0.1) is 17.3 Å². The molecular weight excluding hydrogens is 232 g/mol. The number of carboxylic acid groups (broad SMARTS) is 1. The van der Waals surface area contributed by atoms with Gasteiger partial charge in [-0.1, -0.05) is 6.92 Å². The first-order chi connectivity index (χ1) is 7.34. The topological polar surface area (TPSA) is 80.7 Å². The molecule has 1 rings (SSSR count). The summed E-state index contributed by atoms with van der Waals surface area (Å²) in [5.41, 5.74) is -1.03. The SMILES string of the molecule is CCS(=O)(=O)CCC1(C(=O)O)CCOC1C. The first-order valence-corrected chi connectivity index (χ1v) is 7.21. The molecule has 1 heterocycles. The van der Waals surface area contributed by atoms with Gasteiger partial charge < -0.3 is 9.84 Å². The summed E-state index contributed by atoms with van der Waals surface area (Å²) in [4.78, 5) is 11.3. The molecule has 94 valence electrons. The van der Waals surface area contributed by atoms with Crippen LogP contribution in [0.1, 0.15) is 26.7 Å². The third kappa shape index (κ3) is 2.55. The van der Waals surface area contributed by atoms with E-state index in [1.54, 1.807) is 13.8 Å². The molecule has 0 saturated carbocycles. The molecule has 0 aliphatic carbocycles. The molecule has 0 radical (unpaired) electrons. The van der Waals surface area contributed by atoms with Crippen LogP contribution in [-0.4, -0.2) is 43.7 Å². The van der Waals surface area contributed by atoms with Gasteiger partial charge in [-0.15, -0.1) is 0 Å². The number of ether oxygens (including phenoxy) is 1. The summed E-state index contributed by atoms with van der Waals surface area (Å²) in [7, 11) is -3.12. The highest BCUT2D eigenvalue weighted by molar-refractivity contribution is 7.91. The molecule has 5 nitrogen and oxygen atoms in total. The number of carboxylic acids is 1. The Morgan fingerprint density at radius 2 is 2.19 bits per heavy atom. The van der Waals surface area contributed by atoms with E-state index in [4.69, 9.17) is 4.74 Å². The van der Waals surface area contributed by atoms with Crippen molar-refractivity contribution in [1.82, 2.24) is 0 Å². The van der Waals surface area contributed by atoms with Gasteiger partial charge in [0.25, 0.3) is 0 Å². The van der Waals surface area contributed by atoms with Crippen LogP contribution in [0.5, 0.6) is 0 Å². The quantitative estimate of drug-likeness (QED) is 0.776. The molecule has 0 bridgehead atoms. The smallest absolute Gasteiger partial charge is 0.312 e. The lowest BCUT2D eigenvalue weighted by molar-refractivity contribution is -0.152. The van der Waals surface area contributed by atoms with Crippen molar-refractivity contribution in [2.24, 2.45) is 5.41 Å². The largest absolute Gasteiger partial charge is 0.481 e.